The quantitative estimate of drug-likeness (QED) is 0.926. The van der Waals surface area contributed by atoms with Crippen molar-refractivity contribution in [3.8, 4) is 0 Å². The van der Waals surface area contributed by atoms with Gasteiger partial charge in [0, 0.05) is 26.2 Å². The average molecular weight is 303 g/mol. The summed E-state index contributed by atoms with van der Waals surface area (Å²) in [6.07, 6.45) is 0. The molecule has 0 amide bonds. The Hall–Kier alpha value is -1.94. The summed E-state index contributed by atoms with van der Waals surface area (Å²) in [5, 5.41) is 0.812. The summed E-state index contributed by atoms with van der Waals surface area (Å²) in [5.41, 5.74) is 8.57. The number of nitrogens with zero attached hydrogens (tertiary/aromatic N) is 3. The van der Waals surface area contributed by atoms with Gasteiger partial charge in [-0.3, -0.25) is 0 Å². The molecule has 5 heteroatoms. The van der Waals surface area contributed by atoms with Crippen LogP contribution in [-0.4, -0.2) is 31.2 Å². The van der Waals surface area contributed by atoms with Gasteiger partial charge in [0.1, 0.15) is 5.82 Å². The number of hydrogen-bond donors (Lipinski definition) is 1. The number of rotatable bonds is 2. The van der Waals surface area contributed by atoms with Crippen molar-refractivity contribution in [2.45, 2.75) is 6.92 Å². The molecule has 0 unspecified atom stereocenters. The molecule has 1 aliphatic rings. The Morgan fingerprint density at radius 1 is 1.00 bits per heavy atom. The zero-order valence-corrected chi connectivity index (χ0v) is 12.8. The fraction of sp³-hybridized carbons (Fsp3) is 0.312. The third-order valence-corrected chi connectivity index (χ3v) is 4.23. The normalized spacial score (nSPS) is 15.3. The second-order valence-electron chi connectivity index (χ2n) is 5.27. The van der Waals surface area contributed by atoms with Crippen molar-refractivity contribution in [1.82, 2.24) is 4.98 Å². The molecule has 0 spiro atoms. The van der Waals surface area contributed by atoms with E-state index >= 15 is 0 Å². The summed E-state index contributed by atoms with van der Waals surface area (Å²) in [6, 6.07) is 11.9. The lowest BCUT2D eigenvalue weighted by atomic mass is 10.2. The Labute approximate surface area is 130 Å². The van der Waals surface area contributed by atoms with Gasteiger partial charge in [0.05, 0.1) is 22.1 Å². The van der Waals surface area contributed by atoms with E-state index in [0.29, 0.717) is 0 Å². The van der Waals surface area contributed by atoms with Gasteiger partial charge >= 0.3 is 0 Å². The van der Waals surface area contributed by atoms with E-state index in [1.807, 2.05) is 37.3 Å². The molecular weight excluding hydrogens is 284 g/mol. The molecular formula is C16H19ClN4. The summed E-state index contributed by atoms with van der Waals surface area (Å²) in [7, 11) is 0. The number of aromatic nitrogens is 1. The van der Waals surface area contributed by atoms with E-state index < -0.39 is 0 Å². The molecule has 1 aromatic heterocycles. The number of halogens is 1. The van der Waals surface area contributed by atoms with Crippen molar-refractivity contribution >= 4 is 28.8 Å². The van der Waals surface area contributed by atoms with Gasteiger partial charge in [-0.25, -0.2) is 4.98 Å². The van der Waals surface area contributed by atoms with E-state index in [1.54, 1.807) is 0 Å². The minimum Gasteiger partial charge on any atom is -0.397 e. The summed E-state index contributed by atoms with van der Waals surface area (Å²) >= 11 is 6.27. The van der Waals surface area contributed by atoms with Crippen LogP contribution in [0, 0.1) is 6.92 Å². The third-order valence-electron chi connectivity index (χ3n) is 3.91. The number of hydrogen-bond acceptors (Lipinski definition) is 4. The van der Waals surface area contributed by atoms with Crippen LogP contribution >= 0.6 is 11.6 Å². The van der Waals surface area contributed by atoms with Crippen LogP contribution in [0.4, 0.5) is 17.2 Å². The first-order valence-electron chi connectivity index (χ1n) is 7.13. The van der Waals surface area contributed by atoms with Crippen molar-refractivity contribution in [2.24, 2.45) is 0 Å². The van der Waals surface area contributed by atoms with Crippen molar-refractivity contribution in [1.29, 1.82) is 0 Å². The molecule has 2 heterocycles. The van der Waals surface area contributed by atoms with E-state index in [9.17, 15) is 0 Å². The fourth-order valence-corrected chi connectivity index (χ4v) is 2.87. The van der Waals surface area contributed by atoms with E-state index in [1.165, 1.54) is 0 Å². The highest BCUT2D eigenvalue weighted by Crippen LogP contribution is 2.27. The number of anilines is 3. The molecule has 110 valence electrons. The number of nitrogens with two attached hydrogens (primary N) is 1. The highest BCUT2D eigenvalue weighted by Gasteiger charge is 2.19. The average Bonchev–Trinajstić information content (AvgIpc) is 2.51. The number of para-hydroxylation sites is 1. The standard InChI is InChI=1S/C16H19ClN4/c1-12-14(18)6-7-16(19-12)21-10-8-20(9-11-21)15-5-3-2-4-13(15)17/h2-7H,8-11,18H2,1H3. The van der Waals surface area contributed by atoms with E-state index in [4.69, 9.17) is 17.3 Å². The van der Waals surface area contributed by atoms with Gasteiger partial charge in [0.25, 0.3) is 0 Å². The van der Waals surface area contributed by atoms with Gasteiger partial charge in [-0.05, 0) is 31.2 Å². The van der Waals surface area contributed by atoms with Crippen molar-refractivity contribution in [2.75, 3.05) is 41.7 Å². The van der Waals surface area contributed by atoms with Gasteiger partial charge in [-0.1, -0.05) is 23.7 Å². The Morgan fingerprint density at radius 3 is 2.33 bits per heavy atom. The number of nitrogen functional groups attached to an aromatic ring is 1. The fourth-order valence-electron chi connectivity index (χ4n) is 2.62. The van der Waals surface area contributed by atoms with E-state index in [0.717, 1.165) is 54.1 Å². The van der Waals surface area contributed by atoms with Crippen LogP contribution in [0.3, 0.4) is 0 Å². The van der Waals surface area contributed by atoms with Crippen molar-refractivity contribution in [3.05, 3.63) is 47.1 Å². The van der Waals surface area contributed by atoms with Crippen molar-refractivity contribution < 1.29 is 0 Å². The van der Waals surface area contributed by atoms with Gasteiger partial charge in [-0.2, -0.15) is 0 Å². The molecule has 1 aliphatic heterocycles. The molecule has 3 rings (SSSR count). The molecule has 0 bridgehead atoms. The molecule has 1 aromatic carbocycles. The second kappa shape index (κ2) is 5.82. The van der Waals surface area contributed by atoms with E-state index in [-0.39, 0.29) is 0 Å². The first-order chi connectivity index (χ1) is 10.1. The number of benzene rings is 1. The summed E-state index contributed by atoms with van der Waals surface area (Å²) in [5.74, 6) is 1.00. The molecule has 4 nitrogen and oxygen atoms in total. The molecule has 0 saturated carbocycles. The first kappa shape index (κ1) is 14.0. The lowest BCUT2D eigenvalue weighted by Crippen LogP contribution is -2.47. The number of pyridine rings is 1. The molecule has 2 N–H and O–H groups in total. The van der Waals surface area contributed by atoms with Crippen LogP contribution in [0.2, 0.25) is 5.02 Å². The molecule has 0 aliphatic carbocycles. The van der Waals surface area contributed by atoms with Crippen molar-refractivity contribution in [3.63, 3.8) is 0 Å². The van der Waals surface area contributed by atoms with Crippen LogP contribution < -0.4 is 15.5 Å². The van der Waals surface area contributed by atoms with Gasteiger partial charge in [-0.15, -0.1) is 0 Å². The first-order valence-corrected chi connectivity index (χ1v) is 7.50. The molecule has 21 heavy (non-hydrogen) atoms. The number of piperazine rings is 1. The Bertz CT molecular complexity index is 636. The second-order valence-corrected chi connectivity index (χ2v) is 5.68. The maximum absolute atomic E-state index is 6.27. The topological polar surface area (TPSA) is 45.4 Å². The maximum atomic E-state index is 6.27. The summed E-state index contributed by atoms with van der Waals surface area (Å²) < 4.78 is 0. The Kier molecular flexibility index (Phi) is 3.88. The van der Waals surface area contributed by atoms with Gasteiger partial charge in [0.15, 0.2) is 0 Å². The highest BCUT2D eigenvalue weighted by atomic mass is 35.5. The smallest absolute Gasteiger partial charge is 0.129 e. The van der Waals surface area contributed by atoms with Crippen LogP contribution in [0.15, 0.2) is 36.4 Å². The predicted molar refractivity (Wildman–Crippen MR) is 89.3 cm³/mol. The summed E-state index contributed by atoms with van der Waals surface area (Å²) in [6.45, 7) is 5.69. The Morgan fingerprint density at radius 2 is 1.67 bits per heavy atom. The van der Waals surface area contributed by atoms with Gasteiger partial charge < -0.3 is 15.5 Å². The minimum atomic E-state index is 0.744. The molecule has 0 radical (unpaired) electrons. The maximum Gasteiger partial charge on any atom is 0.129 e. The van der Waals surface area contributed by atoms with Crippen LogP contribution in [0.5, 0.6) is 0 Å². The van der Waals surface area contributed by atoms with Gasteiger partial charge in [0.2, 0.25) is 0 Å². The largest absolute Gasteiger partial charge is 0.397 e. The minimum absolute atomic E-state index is 0.744. The van der Waals surface area contributed by atoms with Crippen LogP contribution in [0.25, 0.3) is 0 Å². The highest BCUT2D eigenvalue weighted by molar-refractivity contribution is 6.33. The Balaban J connectivity index is 1.70. The monoisotopic (exact) mass is 302 g/mol. The molecule has 0 atom stereocenters. The SMILES string of the molecule is Cc1nc(N2CCN(c3ccccc3Cl)CC2)ccc1N. The number of aryl methyl sites for hydroxylation is 1. The van der Waals surface area contributed by atoms with Crippen LogP contribution in [-0.2, 0) is 0 Å². The molecule has 1 saturated heterocycles. The third kappa shape index (κ3) is 2.90. The molecule has 2 aromatic rings. The predicted octanol–water partition coefficient (Wildman–Crippen LogP) is 2.95. The zero-order valence-electron chi connectivity index (χ0n) is 12.1. The lowest BCUT2D eigenvalue weighted by molar-refractivity contribution is 0.647. The van der Waals surface area contributed by atoms with Crippen LogP contribution in [0.1, 0.15) is 5.69 Å². The van der Waals surface area contributed by atoms with E-state index in [2.05, 4.69) is 20.9 Å². The lowest BCUT2D eigenvalue weighted by Gasteiger charge is -2.37. The summed E-state index contributed by atoms with van der Waals surface area (Å²) in [4.78, 5) is 9.18. The zero-order chi connectivity index (χ0) is 14.8. The molecule has 1 fully saturated rings.